The predicted molar refractivity (Wildman–Crippen MR) is 112 cm³/mol. The van der Waals surface area contributed by atoms with Crippen molar-refractivity contribution < 1.29 is 14.3 Å². The van der Waals surface area contributed by atoms with Gasteiger partial charge in [0.2, 0.25) is 11.1 Å². The van der Waals surface area contributed by atoms with Crippen LogP contribution in [0.5, 0.6) is 0 Å². The summed E-state index contributed by atoms with van der Waals surface area (Å²) in [6, 6.07) is 9.47. The zero-order chi connectivity index (χ0) is 20.1. The third-order valence-corrected chi connectivity index (χ3v) is 6.36. The summed E-state index contributed by atoms with van der Waals surface area (Å²) in [7, 11) is 1.70. The van der Waals surface area contributed by atoms with Crippen LogP contribution in [0.1, 0.15) is 17.3 Å². The first-order valence-electron chi connectivity index (χ1n) is 8.21. The molecule has 0 radical (unpaired) electrons. The van der Waals surface area contributed by atoms with Crippen LogP contribution < -0.4 is 5.32 Å². The van der Waals surface area contributed by atoms with Gasteiger partial charge >= 0.3 is 5.97 Å². The lowest BCUT2D eigenvalue weighted by atomic mass is 10.0. The number of thioether (sulfide) groups is 1. The highest BCUT2D eigenvalue weighted by Gasteiger charge is 2.26. The van der Waals surface area contributed by atoms with Gasteiger partial charge in [0.1, 0.15) is 10.6 Å². The fraction of sp³-hybridized carbons (Fsp3) is 0.235. The number of aromatic nitrogens is 4. The fourth-order valence-electron chi connectivity index (χ4n) is 2.39. The smallest absolute Gasteiger partial charge is 0.341 e. The molecule has 1 aromatic carbocycles. The summed E-state index contributed by atoms with van der Waals surface area (Å²) < 4.78 is 7.44. The van der Waals surface area contributed by atoms with E-state index >= 15 is 0 Å². The maximum absolute atomic E-state index is 12.6. The average molecular weight is 482 g/mol. The number of thiophene rings is 1. The highest BCUT2D eigenvalue weighted by atomic mass is 79.9. The molecule has 0 aliphatic rings. The number of halogens is 1. The van der Waals surface area contributed by atoms with Gasteiger partial charge < -0.3 is 10.1 Å². The van der Waals surface area contributed by atoms with Gasteiger partial charge in [0.25, 0.3) is 0 Å². The lowest BCUT2D eigenvalue weighted by Gasteiger charge is -2.08. The molecule has 1 amide bonds. The summed E-state index contributed by atoms with van der Waals surface area (Å²) >= 11 is 6.00. The van der Waals surface area contributed by atoms with Gasteiger partial charge in [-0.1, -0.05) is 42.1 Å². The van der Waals surface area contributed by atoms with Gasteiger partial charge in [-0.3, -0.25) is 4.79 Å². The summed E-state index contributed by atoms with van der Waals surface area (Å²) in [6.07, 6.45) is 0. The topological polar surface area (TPSA) is 99.0 Å². The second kappa shape index (κ2) is 9.30. The van der Waals surface area contributed by atoms with Crippen molar-refractivity contribution in [2.45, 2.75) is 12.1 Å². The third-order valence-electron chi connectivity index (χ3n) is 3.57. The van der Waals surface area contributed by atoms with Crippen LogP contribution in [-0.4, -0.2) is 44.4 Å². The number of tetrazole rings is 1. The first kappa shape index (κ1) is 20.5. The van der Waals surface area contributed by atoms with Crippen LogP contribution in [0.2, 0.25) is 0 Å². The van der Waals surface area contributed by atoms with Crippen LogP contribution in [0.15, 0.2) is 39.3 Å². The second-order valence-electron chi connectivity index (χ2n) is 5.46. The van der Waals surface area contributed by atoms with E-state index in [-0.39, 0.29) is 18.3 Å². The molecule has 0 unspecified atom stereocenters. The molecule has 11 heteroatoms. The Morgan fingerprint density at radius 1 is 1.32 bits per heavy atom. The quantitative estimate of drug-likeness (QED) is 0.406. The van der Waals surface area contributed by atoms with Gasteiger partial charge in [0.15, 0.2) is 0 Å². The Bertz CT molecular complexity index is 990. The number of esters is 1. The van der Waals surface area contributed by atoms with E-state index < -0.39 is 5.97 Å². The van der Waals surface area contributed by atoms with E-state index in [2.05, 4.69) is 36.8 Å². The molecule has 2 aromatic heterocycles. The Kier molecular flexibility index (Phi) is 6.81. The van der Waals surface area contributed by atoms with E-state index in [1.54, 1.807) is 14.0 Å². The van der Waals surface area contributed by atoms with Crippen LogP contribution >= 0.6 is 39.0 Å². The van der Waals surface area contributed by atoms with Crippen LogP contribution in [0.25, 0.3) is 11.1 Å². The second-order valence-corrected chi connectivity index (χ2v) is 8.74. The van der Waals surface area contributed by atoms with Crippen LogP contribution in [0.4, 0.5) is 5.00 Å². The summed E-state index contributed by atoms with van der Waals surface area (Å²) in [5.74, 6) is -0.650. The lowest BCUT2D eigenvalue weighted by molar-refractivity contribution is -0.113. The zero-order valence-electron chi connectivity index (χ0n) is 15.0. The molecule has 0 bridgehead atoms. The van der Waals surface area contributed by atoms with Crippen molar-refractivity contribution in [3.05, 3.63) is 39.7 Å². The number of benzene rings is 1. The minimum Gasteiger partial charge on any atom is -0.462 e. The van der Waals surface area contributed by atoms with Crippen molar-refractivity contribution in [1.29, 1.82) is 0 Å². The number of nitrogens with zero attached hydrogens (tertiary/aromatic N) is 4. The largest absolute Gasteiger partial charge is 0.462 e. The number of ether oxygens (including phenoxy) is 1. The van der Waals surface area contributed by atoms with Gasteiger partial charge in [-0.15, -0.1) is 16.4 Å². The van der Waals surface area contributed by atoms with E-state index in [4.69, 9.17) is 4.74 Å². The highest BCUT2D eigenvalue weighted by molar-refractivity contribution is 9.11. The molecule has 8 nitrogen and oxygen atoms in total. The molecular weight excluding hydrogens is 466 g/mol. The molecule has 3 rings (SSSR count). The molecule has 0 spiro atoms. The van der Waals surface area contributed by atoms with E-state index in [0.717, 1.165) is 9.35 Å². The van der Waals surface area contributed by atoms with E-state index in [9.17, 15) is 9.59 Å². The summed E-state index contributed by atoms with van der Waals surface area (Å²) in [5, 5.41) is 14.9. The minimum absolute atomic E-state index is 0.104. The molecule has 0 atom stereocenters. The number of aryl methyl sites for hydroxylation is 1. The first-order valence-corrected chi connectivity index (χ1v) is 10.8. The number of carbonyl (C=O) groups is 2. The third kappa shape index (κ3) is 4.59. The van der Waals surface area contributed by atoms with Crippen LogP contribution in [0, 0.1) is 0 Å². The van der Waals surface area contributed by atoms with Crippen molar-refractivity contribution in [1.82, 2.24) is 20.2 Å². The number of hydrogen-bond acceptors (Lipinski definition) is 8. The Balaban J connectivity index is 1.86. The predicted octanol–water partition coefficient (Wildman–Crippen LogP) is 3.61. The molecule has 0 fully saturated rings. The summed E-state index contributed by atoms with van der Waals surface area (Å²) in [4.78, 5) is 25.1. The van der Waals surface area contributed by atoms with Crippen molar-refractivity contribution in [2.24, 2.45) is 7.05 Å². The number of nitrogens with one attached hydrogen (secondary N) is 1. The van der Waals surface area contributed by atoms with Crippen molar-refractivity contribution in [3.8, 4) is 11.1 Å². The molecule has 0 aliphatic carbocycles. The van der Waals surface area contributed by atoms with Crippen molar-refractivity contribution in [2.75, 3.05) is 17.7 Å². The summed E-state index contributed by atoms with van der Waals surface area (Å²) in [6.45, 7) is 1.98. The van der Waals surface area contributed by atoms with E-state index in [1.807, 2.05) is 30.3 Å². The van der Waals surface area contributed by atoms with Gasteiger partial charge in [-0.05, 0) is 38.8 Å². The molecule has 0 saturated heterocycles. The molecule has 3 aromatic rings. The Morgan fingerprint density at radius 3 is 2.71 bits per heavy atom. The molecule has 146 valence electrons. The Labute approximate surface area is 177 Å². The summed E-state index contributed by atoms with van der Waals surface area (Å²) in [5.41, 5.74) is 1.89. The lowest BCUT2D eigenvalue weighted by Crippen LogP contribution is -2.16. The normalized spacial score (nSPS) is 10.7. The van der Waals surface area contributed by atoms with Gasteiger partial charge in [0, 0.05) is 12.6 Å². The van der Waals surface area contributed by atoms with Crippen molar-refractivity contribution >= 4 is 55.9 Å². The average Bonchev–Trinajstić information content (AvgIpc) is 3.23. The minimum atomic E-state index is -0.483. The first-order chi connectivity index (χ1) is 13.5. The van der Waals surface area contributed by atoms with Gasteiger partial charge in [-0.2, -0.15) is 0 Å². The number of amides is 1. The standard InChI is InChI=1S/C17H16BrN5O3S2/c1-3-26-16(25)13-12(10-7-5-4-6-8-10)14(18)28-15(13)19-11(24)9-27-17-20-21-22-23(17)2/h4-8H,3,9H2,1-2H3,(H,19,24). The number of rotatable bonds is 7. The Hall–Kier alpha value is -2.24. The zero-order valence-corrected chi connectivity index (χ0v) is 18.2. The molecule has 0 saturated carbocycles. The van der Waals surface area contributed by atoms with Gasteiger partial charge in [-0.25, -0.2) is 9.48 Å². The van der Waals surface area contributed by atoms with Crippen LogP contribution in [-0.2, 0) is 16.6 Å². The molecule has 28 heavy (non-hydrogen) atoms. The SMILES string of the molecule is CCOC(=O)c1c(NC(=O)CSc2nnnn2C)sc(Br)c1-c1ccccc1. The van der Waals surface area contributed by atoms with Crippen molar-refractivity contribution in [3.63, 3.8) is 0 Å². The molecule has 2 heterocycles. The molecular formula is C17H16BrN5O3S2. The Morgan fingerprint density at radius 2 is 2.07 bits per heavy atom. The van der Waals surface area contributed by atoms with E-state index in [1.165, 1.54) is 27.8 Å². The maximum Gasteiger partial charge on any atom is 0.341 e. The van der Waals surface area contributed by atoms with Gasteiger partial charge in [0.05, 0.1) is 16.1 Å². The monoisotopic (exact) mass is 481 g/mol. The molecule has 1 N–H and O–H groups in total. The number of anilines is 1. The highest BCUT2D eigenvalue weighted by Crippen LogP contribution is 2.44. The maximum atomic E-state index is 12.6. The molecule has 0 aliphatic heterocycles. The van der Waals surface area contributed by atoms with E-state index in [0.29, 0.717) is 21.3 Å². The number of hydrogen-bond donors (Lipinski definition) is 1. The number of carbonyl (C=O) groups excluding carboxylic acids is 2. The van der Waals surface area contributed by atoms with Crippen LogP contribution in [0.3, 0.4) is 0 Å². The fourth-order valence-corrected chi connectivity index (χ4v) is 4.90.